The van der Waals surface area contributed by atoms with E-state index in [0.29, 0.717) is 23.8 Å². The van der Waals surface area contributed by atoms with E-state index >= 15 is 0 Å². The van der Waals surface area contributed by atoms with Gasteiger partial charge in [-0.15, -0.1) is 11.3 Å². The highest BCUT2D eigenvalue weighted by molar-refractivity contribution is 7.14. The molecule has 1 aromatic heterocycles. The van der Waals surface area contributed by atoms with Crippen molar-refractivity contribution < 1.29 is 14.4 Å². The molecule has 148 valence electrons. The number of carbonyl (C=O) groups is 3. The maximum Gasteiger partial charge on any atom is 0.257 e. The van der Waals surface area contributed by atoms with Gasteiger partial charge < -0.3 is 5.32 Å². The van der Waals surface area contributed by atoms with Gasteiger partial charge in [-0.2, -0.15) is 0 Å². The van der Waals surface area contributed by atoms with E-state index in [1.165, 1.54) is 11.3 Å². The monoisotopic (exact) mass is 401 g/mol. The molecular formula is C19H23N5O3S. The fourth-order valence-electron chi connectivity index (χ4n) is 2.93. The van der Waals surface area contributed by atoms with Crippen LogP contribution < -0.4 is 21.1 Å². The average Bonchev–Trinajstić information content (AvgIpc) is 3.27. The van der Waals surface area contributed by atoms with E-state index in [1.54, 1.807) is 10.3 Å². The second kappa shape index (κ2) is 8.83. The second-order valence-electron chi connectivity index (χ2n) is 6.72. The third-order valence-corrected chi connectivity index (χ3v) is 5.26. The number of hydrogen-bond acceptors (Lipinski definition) is 6. The van der Waals surface area contributed by atoms with Crippen LogP contribution in [0.5, 0.6) is 0 Å². The molecule has 1 saturated heterocycles. The van der Waals surface area contributed by atoms with Gasteiger partial charge in [0, 0.05) is 24.0 Å². The number of aryl methyl sites for hydroxylation is 2. The van der Waals surface area contributed by atoms with E-state index in [0.717, 1.165) is 23.2 Å². The predicted molar refractivity (Wildman–Crippen MR) is 108 cm³/mol. The number of aromatic nitrogens is 1. The van der Waals surface area contributed by atoms with Crippen LogP contribution >= 0.6 is 11.3 Å². The van der Waals surface area contributed by atoms with Crippen molar-refractivity contribution in [2.75, 3.05) is 23.3 Å². The zero-order valence-corrected chi connectivity index (χ0v) is 16.7. The molecule has 1 aromatic carbocycles. The van der Waals surface area contributed by atoms with Gasteiger partial charge in [0.15, 0.2) is 5.13 Å². The molecule has 3 amide bonds. The minimum Gasteiger partial charge on any atom is -0.376 e. The van der Waals surface area contributed by atoms with Gasteiger partial charge in [-0.25, -0.2) is 4.98 Å². The van der Waals surface area contributed by atoms with Crippen molar-refractivity contribution >= 4 is 39.9 Å². The largest absolute Gasteiger partial charge is 0.376 e. The molecule has 1 aliphatic heterocycles. The number of benzene rings is 1. The van der Waals surface area contributed by atoms with Crippen LogP contribution in [0.15, 0.2) is 23.6 Å². The summed E-state index contributed by atoms with van der Waals surface area (Å²) in [5, 5.41) is 5.41. The Kier molecular flexibility index (Phi) is 6.25. The summed E-state index contributed by atoms with van der Waals surface area (Å²) in [7, 11) is 0. The predicted octanol–water partition coefficient (Wildman–Crippen LogP) is 1.69. The maximum atomic E-state index is 12.0. The number of rotatable bonds is 6. The Labute approximate surface area is 167 Å². The molecule has 8 nitrogen and oxygen atoms in total. The summed E-state index contributed by atoms with van der Waals surface area (Å²) in [6.45, 7) is 4.68. The van der Waals surface area contributed by atoms with Gasteiger partial charge in [-0.3, -0.25) is 30.1 Å². The molecule has 0 aliphatic carbocycles. The van der Waals surface area contributed by atoms with E-state index in [1.807, 2.05) is 32.0 Å². The highest BCUT2D eigenvalue weighted by atomic mass is 32.1. The Morgan fingerprint density at radius 3 is 2.71 bits per heavy atom. The molecule has 9 heteroatoms. The first-order valence-electron chi connectivity index (χ1n) is 9.06. The van der Waals surface area contributed by atoms with Gasteiger partial charge in [-0.1, -0.05) is 17.7 Å². The maximum absolute atomic E-state index is 12.0. The lowest BCUT2D eigenvalue weighted by Crippen LogP contribution is -2.44. The summed E-state index contributed by atoms with van der Waals surface area (Å²) in [6.07, 6.45) is 1.40. The summed E-state index contributed by atoms with van der Waals surface area (Å²) in [4.78, 5) is 41.7. The van der Waals surface area contributed by atoms with Gasteiger partial charge in [0.05, 0.1) is 18.7 Å². The first-order valence-corrected chi connectivity index (χ1v) is 9.94. The lowest BCUT2D eigenvalue weighted by atomic mass is 10.1. The van der Waals surface area contributed by atoms with Gasteiger partial charge in [0.1, 0.15) is 0 Å². The van der Waals surface area contributed by atoms with Gasteiger partial charge in [0.2, 0.25) is 11.8 Å². The smallest absolute Gasteiger partial charge is 0.257 e. The lowest BCUT2D eigenvalue weighted by Gasteiger charge is -2.11. The summed E-state index contributed by atoms with van der Waals surface area (Å²) < 4.78 is 0. The number of hydrogen-bond donors (Lipinski definition) is 3. The Balaban J connectivity index is 1.42. The van der Waals surface area contributed by atoms with Crippen LogP contribution in [0.1, 0.15) is 29.7 Å². The van der Waals surface area contributed by atoms with Gasteiger partial charge >= 0.3 is 0 Å². The molecular weight excluding hydrogens is 378 g/mol. The van der Waals surface area contributed by atoms with Crippen molar-refractivity contribution in [3.63, 3.8) is 0 Å². The fourth-order valence-corrected chi connectivity index (χ4v) is 3.80. The molecule has 1 aliphatic rings. The highest BCUT2D eigenvalue weighted by Gasteiger charge is 2.24. The van der Waals surface area contributed by atoms with E-state index < -0.39 is 0 Å². The number of nitrogens with one attached hydrogen (secondary N) is 3. The van der Waals surface area contributed by atoms with Crippen LogP contribution in [0.4, 0.5) is 10.8 Å². The molecule has 0 spiro atoms. The molecule has 0 atom stereocenters. The fraction of sp³-hybridized carbons (Fsp3) is 0.368. The molecule has 0 radical (unpaired) electrons. The van der Waals surface area contributed by atoms with Gasteiger partial charge in [0.25, 0.3) is 5.91 Å². The number of carbonyl (C=O) groups excluding carboxylic acids is 3. The Morgan fingerprint density at radius 1 is 1.21 bits per heavy atom. The quantitative estimate of drug-likeness (QED) is 0.639. The number of hydrazine groups is 1. The van der Waals surface area contributed by atoms with Crippen molar-refractivity contribution in [3.05, 3.63) is 40.4 Å². The zero-order chi connectivity index (χ0) is 20.1. The topological polar surface area (TPSA) is 103 Å². The first-order chi connectivity index (χ1) is 13.4. The van der Waals surface area contributed by atoms with Crippen LogP contribution in [0.3, 0.4) is 0 Å². The minimum atomic E-state index is -0.371. The van der Waals surface area contributed by atoms with Crippen molar-refractivity contribution in [3.8, 4) is 0 Å². The molecule has 0 saturated carbocycles. The summed E-state index contributed by atoms with van der Waals surface area (Å²) >= 11 is 1.34. The van der Waals surface area contributed by atoms with Crippen molar-refractivity contribution in [1.29, 1.82) is 0 Å². The molecule has 2 heterocycles. The molecule has 1 fully saturated rings. The molecule has 2 aromatic rings. The van der Waals surface area contributed by atoms with Crippen LogP contribution in [-0.2, 0) is 20.8 Å². The van der Waals surface area contributed by atoms with Crippen molar-refractivity contribution in [2.45, 2.75) is 33.1 Å². The standard InChI is InChI=1S/C19H23N5O3S/c1-12-5-6-15(13(2)8-12)20-10-17(26)23-22-16(25)9-14-11-28-19(21-14)24-7-3-4-18(24)27/h5-6,8,11,20H,3-4,7,9-10H2,1-2H3,(H,22,25)(H,23,26). The Bertz CT molecular complexity index is 895. The molecule has 3 N–H and O–H groups in total. The normalized spacial score (nSPS) is 13.5. The van der Waals surface area contributed by atoms with E-state index in [2.05, 4.69) is 21.2 Å². The van der Waals surface area contributed by atoms with Crippen LogP contribution in [0, 0.1) is 13.8 Å². The second-order valence-corrected chi connectivity index (χ2v) is 7.55. The number of anilines is 2. The Hall–Kier alpha value is -2.94. The van der Waals surface area contributed by atoms with Crippen LogP contribution in [-0.4, -0.2) is 35.8 Å². The van der Waals surface area contributed by atoms with E-state index in [4.69, 9.17) is 0 Å². The SMILES string of the molecule is Cc1ccc(NCC(=O)NNC(=O)Cc2csc(N3CCCC3=O)n2)c(C)c1. The molecule has 28 heavy (non-hydrogen) atoms. The van der Waals surface area contributed by atoms with Crippen molar-refractivity contribution in [1.82, 2.24) is 15.8 Å². The summed E-state index contributed by atoms with van der Waals surface area (Å²) in [5.74, 6) is -0.659. The number of thiazole rings is 1. The number of amides is 3. The molecule has 0 bridgehead atoms. The van der Waals surface area contributed by atoms with Crippen LogP contribution in [0.25, 0.3) is 0 Å². The van der Waals surface area contributed by atoms with Crippen molar-refractivity contribution in [2.24, 2.45) is 0 Å². The summed E-state index contributed by atoms with van der Waals surface area (Å²) in [5.41, 5.74) is 8.41. The lowest BCUT2D eigenvalue weighted by molar-refractivity contribution is -0.127. The van der Waals surface area contributed by atoms with E-state index in [9.17, 15) is 14.4 Å². The summed E-state index contributed by atoms with van der Waals surface area (Å²) in [6, 6.07) is 5.91. The average molecular weight is 401 g/mol. The van der Waals surface area contributed by atoms with E-state index in [-0.39, 0.29) is 30.7 Å². The third-order valence-electron chi connectivity index (χ3n) is 4.35. The highest BCUT2D eigenvalue weighted by Crippen LogP contribution is 2.25. The molecule has 0 unspecified atom stereocenters. The zero-order valence-electron chi connectivity index (χ0n) is 15.9. The number of nitrogens with zero attached hydrogens (tertiary/aromatic N) is 2. The molecule has 3 rings (SSSR count). The Morgan fingerprint density at radius 2 is 2.00 bits per heavy atom. The minimum absolute atomic E-state index is 0.0311. The van der Waals surface area contributed by atoms with Gasteiger partial charge in [-0.05, 0) is 31.9 Å². The first kappa shape index (κ1) is 19.8. The van der Waals surface area contributed by atoms with Crippen LogP contribution in [0.2, 0.25) is 0 Å². The third kappa shape index (κ3) is 5.07.